The van der Waals surface area contributed by atoms with Crippen molar-refractivity contribution in [2.24, 2.45) is 0 Å². The van der Waals surface area contributed by atoms with E-state index in [1.807, 2.05) is 13.0 Å². The minimum absolute atomic E-state index is 0.0206. The molecule has 0 radical (unpaired) electrons. The summed E-state index contributed by atoms with van der Waals surface area (Å²) in [6, 6.07) is 9.59. The van der Waals surface area contributed by atoms with Gasteiger partial charge in [-0.25, -0.2) is 9.18 Å². The molecule has 5 atom stereocenters. The van der Waals surface area contributed by atoms with Crippen molar-refractivity contribution in [2.75, 3.05) is 25.2 Å². The summed E-state index contributed by atoms with van der Waals surface area (Å²) in [6.45, 7) is 5.41. The number of aryl methyl sites for hydroxylation is 1. The number of nitriles is 1. The minimum Gasteiger partial charge on any atom is -0.373 e. The summed E-state index contributed by atoms with van der Waals surface area (Å²) >= 11 is 0. The lowest BCUT2D eigenvalue weighted by molar-refractivity contribution is -0.126. The second kappa shape index (κ2) is 12.1. The van der Waals surface area contributed by atoms with Crippen molar-refractivity contribution in [1.82, 2.24) is 9.55 Å². The summed E-state index contributed by atoms with van der Waals surface area (Å²) in [5, 5.41) is 11.3. The number of hydrogen-bond donors (Lipinski definition) is 1. The number of ether oxygens (including phenoxy) is 1. The van der Waals surface area contributed by atoms with Gasteiger partial charge in [0, 0.05) is 24.0 Å². The number of carbonyl (C=O) groups excluding carboxylic acids is 1. The zero-order valence-corrected chi connectivity index (χ0v) is 20.2. The number of alkyl halides is 1. The van der Waals surface area contributed by atoms with Crippen molar-refractivity contribution in [1.29, 1.82) is 5.26 Å². The first-order valence-electron chi connectivity index (χ1n) is 11.0. The van der Waals surface area contributed by atoms with Crippen molar-refractivity contribution in [3.63, 3.8) is 0 Å². The number of nitrogens with one attached hydrogen (secondary N) is 1. The van der Waals surface area contributed by atoms with Crippen LogP contribution in [0.4, 0.5) is 10.2 Å². The van der Waals surface area contributed by atoms with Crippen LogP contribution in [0.3, 0.4) is 0 Å². The Hall–Kier alpha value is -2.70. The molecule has 2 aromatic rings. The maximum atomic E-state index is 15.7. The molecule has 9 nitrogen and oxygen atoms in total. The lowest BCUT2D eigenvalue weighted by Crippen LogP contribution is -2.51. The lowest BCUT2D eigenvalue weighted by Gasteiger charge is -2.39. The van der Waals surface area contributed by atoms with Crippen LogP contribution in [0.15, 0.2) is 41.3 Å². The molecule has 1 amide bonds. The van der Waals surface area contributed by atoms with E-state index in [1.54, 1.807) is 43.9 Å². The molecule has 0 saturated carbocycles. The first kappa shape index (κ1) is 25.9. The van der Waals surface area contributed by atoms with Crippen molar-refractivity contribution >= 4 is 20.1 Å². The van der Waals surface area contributed by atoms with E-state index in [1.165, 1.54) is 10.8 Å². The van der Waals surface area contributed by atoms with Gasteiger partial charge in [-0.3, -0.25) is 9.36 Å². The van der Waals surface area contributed by atoms with Crippen molar-refractivity contribution < 1.29 is 23.0 Å². The highest BCUT2D eigenvalue weighted by atomic mass is 31.2. The van der Waals surface area contributed by atoms with Gasteiger partial charge in [-0.15, -0.1) is 0 Å². The van der Waals surface area contributed by atoms with Crippen LogP contribution in [0.2, 0.25) is 0 Å². The van der Waals surface area contributed by atoms with Gasteiger partial charge < -0.3 is 19.1 Å². The summed E-state index contributed by atoms with van der Waals surface area (Å²) in [7, 11) is -1.43. The summed E-state index contributed by atoms with van der Waals surface area (Å²) in [5.41, 5.74) is 0.225. The predicted octanol–water partition coefficient (Wildman–Crippen LogP) is 3.75. The molecule has 1 saturated heterocycles. The molecular weight excluding hydrogens is 462 g/mol. The molecule has 34 heavy (non-hydrogen) atoms. The van der Waals surface area contributed by atoms with Crippen LogP contribution in [0.5, 0.6) is 0 Å². The van der Waals surface area contributed by atoms with E-state index in [0.717, 1.165) is 0 Å². The molecule has 11 heteroatoms. The smallest absolute Gasteiger partial charge is 0.349 e. The summed E-state index contributed by atoms with van der Waals surface area (Å²) < 4.78 is 34.0. The number of carbonyl (C=O) groups is 1. The number of anilines is 1. The van der Waals surface area contributed by atoms with Gasteiger partial charge in [0.2, 0.25) is 0 Å². The Balaban J connectivity index is 1.77. The molecule has 1 fully saturated rings. The number of halogens is 1. The molecule has 1 aromatic heterocycles. The van der Waals surface area contributed by atoms with E-state index in [0.29, 0.717) is 17.5 Å². The highest BCUT2D eigenvalue weighted by Gasteiger charge is 2.43. The third kappa shape index (κ3) is 6.24. The Morgan fingerprint density at radius 2 is 2.15 bits per heavy atom. The molecule has 2 heterocycles. The van der Waals surface area contributed by atoms with Crippen LogP contribution < -0.4 is 11.0 Å². The fraction of sp³-hybridized carbons (Fsp3) is 0.478. The Kier molecular flexibility index (Phi) is 9.25. The number of amides is 1. The van der Waals surface area contributed by atoms with E-state index in [9.17, 15) is 9.59 Å². The number of hydrogen-bond acceptors (Lipinski definition) is 7. The largest absolute Gasteiger partial charge is 0.373 e. The quantitative estimate of drug-likeness (QED) is 0.420. The van der Waals surface area contributed by atoms with Crippen LogP contribution >= 0.6 is 8.38 Å². The SMILES string of the molecule is CCC1OCC(n2cc(C)c(NC(=O)c3ccccc3)nc2=O)C(F)C1OP(C)OCCC#N. The van der Waals surface area contributed by atoms with Gasteiger partial charge in [-0.05, 0) is 25.5 Å². The van der Waals surface area contributed by atoms with Gasteiger partial charge in [-0.2, -0.15) is 10.2 Å². The van der Waals surface area contributed by atoms with Gasteiger partial charge >= 0.3 is 5.69 Å². The Bertz CT molecular complexity index is 1080. The summed E-state index contributed by atoms with van der Waals surface area (Å²) in [6.07, 6.45) is -0.777. The van der Waals surface area contributed by atoms with Gasteiger partial charge in [-0.1, -0.05) is 25.1 Å². The third-order valence-corrected chi connectivity index (χ3v) is 6.53. The zero-order valence-electron chi connectivity index (χ0n) is 19.3. The second-order valence-corrected chi connectivity index (χ2v) is 9.17. The molecule has 0 bridgehead atoms. The first-order chi connectivity index (χ1) is 16.3. The van der Waals surface area contributed by atoms with E-state index in [-0.39, 0.29) is 25.5 Å². The van der Waals surface area contributed by atoms with Crippen LogP contribution in [0.25, 0.3) is 0 Å². The van der Waals surface area contributed by atoms with Crippen molar-refractivity contribution in [3.05, 3.63) is 58.1 Å². The van der Waals surface area contributed by atoms with E-state index >= 15 is 4.39 Å². The lowest BCUT2D eigenvalue weighted by atomic mass is 9.97. The molecule has 1 aromatic carbocycles. The molecule has 1 N–H and O–H groups in total. The minimum atomic E-state index is -1.55. The molecule has 3 rings (SSSR count). The molecule has 1 aliphatic rings. The third-order valence-electron chi connectivity index (χ3n) is 5.45. The zero-order chi connectivity index (χ0) is 24.7. The molecule has 5 unspecified atom stereocenters. The Labute approximate surface area is 198 Å². The van der Waals surface area contributed by atoms with Gasteiger partial charge in [0.25, 0.3) is 5.91 Å². The summed E-state index contributed by atoms with van der Waals surface area (Å²) in [5.74, 6) is -0.283. The van der Waals surface area contributed by atoms with E-state index < -0.39 is 44.4 Å². The topological polar surface area (TPSA) is 115 Å². The Morgan fingerprint density at radius 3 is 2.82 bits per heavy atom. The highest BCUT2D eigenvalue weighted by molar-refractivity contribution is 7.46. The molecular formula is C23H28FN4O5P. The van der Waals surface area contributed by atoms with Crippen molar-refractivity contribution in [2.45, 2.75) is 51.1 Å². The van der Waals surface area contributed by atoms with Crippen LogP contribution in [0.1, 0.15) is 41.7 Å². The summed E-state index contributed by atoms with van der Waals surface area (Å²) in [4.78, 5) is 29.2. The van der Waals surface area contributed by atoms with Gasteiger partial charge in [0.1, 0.15) is 11.9 Å². The number of benzene rings is 1. The predicted molar refractivity (Wildman–Crippen MR) is 125 cm³/mol. The Morgan fingerprint density at radius 1 is 1.41 bits per heavy atom. The van der Waals surface area contributed by atoms with E-state index in [4.69, 9.17) is 19.0 Å². The van der Waals surface area contributed by atoms with Gasteiger partial charge in [0.15, 0.2) is 14.5 Å². The number of nitrogens with zero attached hydrogens (tertiary/aromatic N) is 3. The van der Waals surface area contributed by atoms with Crippen molar-refractivity contribution in [3.8, 4) is 6.07 Å². The maximum absolute atomic E-state index is 15.7. The van der Waals surface area contributed by atoms with Crippen LogP contribution in [0, 0.1) is 18.3 Å². The number of rotatable bonds is 9. The monoisotopic (exact) mass is 490 g/mol. The second-order valence-electron chi connectivity index (χ2n) is 7.83. The molecule has 0 aliphatic carbocycles. The molecule has 0 spiro atoms. The number of aromatic nitrogens is 2. The standard InChI is InChI=1S/C23H28FN4O5P/c1-4-18-20(33-34(3)32-12-8-11-25)19(24)17(14-31-18)28-13-15(2)21(27-23(28)30)26-22(29)16-9-6-5-7-10-16/h5-7,9-10,13,17-20H,4,8,12,14H2,1-3H3,(H,26,27,29,30). The fourth-order valence-corrected chi connectivity index (χ4v) is 4.67. The van der Waals surface area contributed by atoms with Crippen LogP contribution in [-0.4, -0.2) is 53.7 Å². The fourth-order valence-electron chi connectivity index (χ4n) is 3.66. The average Bonchev–Trinajstić information content (AvgIpc) is 2.83. The molecule has 182 valence electrons. The normalized spacial score (nSPS) is 23.1. The maximum Gasteiger partial charge on any atom is 0.349 e. The highest BCUT2D eigenvalue weighted by Crippen LogP contribution is 2.41. The van der Waals surface area contributed by atoms with Gasteiger partial charge in [0.05, 0.1) is 37.8 Å². The first-order valence-corrected chi connectivity index (χ1v) is 12.6. The van der Waals surface area contributed by atoms with Crippen LogP contribution in [-0.2, 0) is 13.8 Å². The average molecular weight is 490 g/mol. The van der Waals surface area contributed by atoms with E-state index in [2.05, 4.69) is 10.3 Å². The molecule has 1 aliphatic heterocycles.